The van der Waals surface area contributed by atoms with Gasteiger partial charge in [0.05, 0.1) is 18.5 Å². The molecule has 5 rings (SSSR count). The fourth-order valence-corrected chi connectivity index (χ4v) is 4.30. The van der Waals surface area contributed by atoms with Crippen LogP contribution in [-0.4, -0.2) is 57.3 Å². The SMILES string of the molecule is CCOc1cc(-c2ccc(-c3ccc(N4CC[C@@H](NC5CCC5)C4)nn3)c(O)c2)cnn1. The van der Waals surface area contributed by atoms with E-state index in [4.69, 9.17) is 4.74 Å². The van der Waals surface area contributed by atoms with Crippen molar-refractivity contribution in [2.75, 3.05) is 24.6 Å². The number of rotatable bonds is 7. The maximum atomic E-state index is 10.7. The first-order valence-electron chi connectivity index (χ1n) is 11.3. The van der Waals surface area contributed by atoms with Gasteiger partial charge in [0.15, 0.2) is 5.82 Å². The van der Waals surface area contributed by atoms with Crippen molar-refractivity contribution in [2.45, 2.75) is 44.7 Å². The van der Waals surface area contributed by atoms with Crippen molar-refractivity contribution in [3.63, 3.8) is 0 Å². The van der Waals surface area contributed by atoms with E-state index in [0.717, 1.165) is 36.5 Å². The van der Waals surface area contributed by atoms with Crippen LogP contribution in [0, 0.1) is 0 Å². The average molecular weight is 433 g/mol. The minimum atomic E-state index is 0.144. The Labute approximate surface area is 187 Å². The molecule has 2 fully saturated rings. The van der Waals surface area contributed by atoms with E-state index in [1.807, 2.05) is 37.3 Å². The maximum Gasteiger partial charge on any atom is 0.233 e. The lowest BCUT2D eigenvalue weighted by Gasteiger charge is -2.29. The highest BCUT2D eigenvalue weighted by atomic mass is 16.5. The summed E-state index contributed by atoms with van der Waals surface area (Å²) in [6, 6.07) is 12.4. The van der Waals surface area contributed by atoms with E-state index in [1.54, 1.807) is 12.3 Å². The van der Waals surface area contributed by atoms with Gasteiger partial charge in [-0.2, -0.15) is 5.10 Å². The van der Waals surface area contributed by atoms with Crippen molar-refractivity contribution >= 4 is 5.82 Å². The molecular formula is C24H28N6O2. The molecule has 1 aromatic carbocycles. The Bertz CT molecular complexity index is 1070. The van der Waals surface area contributed by atoms with Crippen molar-refractivity contribution in [3.05, 3.63) is 42.6 Å². The van der Waals surface area contributed by atoms with Gasteiger partial charge in [0, 0.05) is 42.4 Å². The first-order chi connectivity index (χ1) is 15.7. The minimum Gasteiger partial charge on any atom is -0.507 e. The van der Waals surface area contributed by atoms with Crippen LogP contribution in [0.25, 0.3) is 22.4 Å². The lowest BCUT2D eigenvalue weighted by molar-refractivity contribution is 0.311. The molecular weight excluding hydrogens is 404 g/mol. The summed E-state index contributed by atoms with van der Waals surface area (Å²) in [7, 11) is 0. The lowest BCUT2D eigenvalue weighted by Crippen LogP contribution is -2.43. The standard InChI is InChI=1S/C24H28N6O2/c1-2-32-24-13-17(14-25-29-24)16-6-7-20(22(31)12-16)21-8-9-23(28-27-21)30-11-10-19(15-30)26-18-4-3-5-18/h6-9,12-14,18-19,26,31H,2-5,10-11,15H2,1H3/t19-/m1/s1. The normalized spacial score (nSPS) is 18.5. The molecule has 0 unspecified atom stereocenters. The molecule has 0 radical (unpaired) electrons. The quantitative estimate of drug-likeness (QED) is 0.586. The molecule has 8 heteroatoms. The molecule has 0 bridgehead atoms. The molecule has 1 atom stereocenters. The molecule has 166 valence electrons. The van der Waals surface area contributed by atoms with E-state index in [9.17, 15) is 5.11 Å². The zero-order valence-electron chi connectivity index (χ0n) is 18.2. The maximum absolute atomic E-state index is 10.7. The topological polar surface area (TPSA) is 96.3 Å². The molecule has 1 aliphatic heterocycles. The summed E-state index contributed by atoms with van der Waals surface area (Å²) in [5.41, 5.74) is 2.94. The Balaban J connectivity index is 1.28. The minimum absolute atomic E-state index is 0.144. The van der Waals surface area contributed by atoms with Crippen LogP contribution >= 0.6 is 0 Å². The molecule has 0 amide bonds. The van der Waals surface area contributed by atoms with Crippen molar-refractivity contribution in [2.24, 2.45) is 0 Å². The van der Waals surface area contributed by atoms with Crippen LogP contribution in [0.4, 0.5) is 5.82 Å². The molecule has 2 aromatic heterocycles. The summed E-state index contributed by atoms with van der Waals surface area (Å²) in [6.07, 6.45) is 6.74. The number of nitrogens with one attached hydrogen (secondary N) is 1. The number of aromatic hydroxyl groups is 1. The van der Waals surface area contributed by atoms with E-state index in [0.29, 0.717) is 35.8 Å². The number of hydrogen-bond acceptors (Lipinski definition) is 8. The van der Waals surface area contributed by atoms with Crippen molar-refractivity contribution in [1.82, 2.24) is 25.7 Å². The van der Waals surface area contributed by atoms with Crippen molar-refractivity contribution in [3.8, 4) is 34.0 Å². The summed E-state index contributed by atoms with van der Waals surface area (Å²) in [5, 5.41) is 31.2. The van der Waals surface area contributed by atoms with Gasteiger partial charge >= 0.3 is 0 Å². The number of phenols is 1. The van der Waals surface area contributed by atoms with E-state index in [-0.39, 0.29) is 5.75 Å². The Hall–Kier alpha value is -3.26. The summed E-state index contributed by atoms with van der Waals surface area (Å²) < 4.78 is 5.42. The second-order valence-corrected chi connectivity index (χ2v) is 8.45. The number of hydrogen-bond donors (Lipinski definition) is 2. The molecule has 8 nitrogen and oxygen atoms in total. The van der Waals surface area contributed by atoms with E-state index >= 15 is 0 Å². The number of phenolic OH excluding ortho intramolecular Hbond substituents is 1. The molecule has 1 saturated heterocycles. The molecule has 1 saturated carbocycles. The summed E-state index contributed by atoms with van der Waals surface area (Å²) in [4.78, 5) is 2.28. The van der Waals surface area contributed by atoms with Crippen LogP contribution in [0.2, 0.25) is 0 Å². The van der Waals surface area contributed by atoms with Crippen LogP contribution in [0.3, 0.4) is 0 Å². The third-order valence-electron chi connectivity index (χ3n) is 6.27. The van der Waals surface area contributed by atoms with Crippen LogP contribution < -0.4 is 15.0 Å². The monoisotopic (exact) mass is 432 g/mol. The Morgan fingerprint density at radius 2 is 1.94 bits per heavy atom. The predicted molar refractivity (Wildman–Crippen MR) is 123 cm³/mol. The first kappa shape index (κ1) is 20.6. The summed E-state index contributed by atoms with van der Waals surface area (Å²) in [6.45, 7) is 4.37. The molecule has 32 heavy (non-hydrogen) atoms. The smallest absolute Gasteiger partial charge is 0.233 e. The predicted octanol–water partition coefficient (Wildman–Crippen LogP) is 3.43. The average Bonchev–Trinajstić information content (AvgIpc) is 3.26. The zero-order valence-corrected chi connectivity index (χ0v) is 18.2. The summed E-state index contributed by atoms with van der Waals surface area (Å²) >= 11 is 0. The van der Waals surface area contributed by atoms with Crippen LogP contribution in [-0.2, 0) is 0 Å². The van der Waals surface area contributed by atoms with Gasteiger partial charge < -0.3 is 20.1 Å². The van der Waals surface area contributed by atoms with E-state index in [2.05, 4.69) is 30.6 Å². The number of nitrogens with zero attached hydrogens (tertiary/aromatic N) is 5. The molecule has 2 N–H and O–H groups in total. The van der Waals surface area contributed by atoms with Gasteiger partial charge in [-0.25, -0.2) is 0 Å². The third kappa shape index (κ3) is 4.36. The highest BCUT2D eigenvalue weighted by molar-refractivity contribution is 5.74. The van der Waals surface area contributed by atoms with Crippen LogP contribution in [0.15, 0.2) is 42.6 Å². The molecule has 2 aliphatic rings. The fraction of sp³-hybridized carbons (Fsp3) is 0.417. The number of aromatic nitrogens is 4. The molecule has 3 aromatic rings. The number of ether oxygens (including phenoxy) is 1. The third-order valence-corrected chi connectivity index (χ3v) is 6.27. The second kappa shape index (κ2) is 9.08. The van der Waals surface area contributed by atoms with Crippen LogP contribution in [0.1, 0.15) is 32.6 Å². The molecule has 0 spiro atoms. The van der Waals surface area contributed by atoms with Gasteiger partial charge in [0.1, 0.15) is 5.75 Å². The number of anilines is 1. The van der Waals surface area contributed by atoms with E-state index < -0.39 is 0 Å². The lowest BCUT2D eigenvalue weighted by atomic mass is 9.92. The Morgan fingerprint density at radius 3 is 2.66 bits per heavy atom. The van der Waals surface area contributed by atoms with Gasteiger partial charge in [-0.05, 0) is 56.0 Å². The highest BCUT2D eigenvalue weighted by Gasteiger charge is 2.27. The van der Waals surface area contributed by atoms with Gasteiger partial charge in [0.2, 0.25) is 5.88 Å². The van der Waals surface area contributed by atoms with Gasteiger partial charge in [-0.15, -0.1) is 15.3 Å². The largest absolute Gasteiger partial charge is 0.507 e. The first-order valence-corrected chi connectivity index (χ1v) is 11.3. The Morgan fingerprint density at radius 1 is 1.03 bits per heavy atom. The highest BCUT2D eigenvalue weighted by Crippen LogP contribution is 2.33. The molecule has 1 aliphatic carbocycles. The fourth-order valence-electron chi connectivity index (χ4n) is 4.30. The number of benzene rings is 1. The summed E-state index contributed by atoms with van der Waals surface area (Å²) in [5.74, 6) is 1.49. The van der Waals surface area contributed by atoms with E-state index in [1.165, 1.54) is 19.3 Å². The van der Waals surface area contributed by atoms with Crippen LogP contribution in [0.5, 0.6) is 11.6 Å². The van der Waals surface area contributed by atoms with Gasteiger partial charge in [-0.3, -0.25) is 0 Å². The van der Waals surface area contributed by atoms with Gasteiger partial charge in [-0.1, -0.05) is 12.5 Å². The molecule has 3 heterocycles. The Kier molecular flexibility index (Phi) is 5.85. The zero-order chi connectivity index (χ0) is 21.9. The second-order valence-electron chi connectivity index (χ2n) is 8.45. The van der Waals surface area contributed by atoms with Crippen molar-refractivity contribution in [1.29, 1.82) is 0 Å². The van der Waals surface area contributed by atoms with Crippen molar-refractivity contribution < 1.29 is 9.84 Å². The van der Waals surface area contributed by atoms with Gasteiger partial charge in [0.25, 0.3) is 0 Å².